The molecule has 0 radical (unpaired) electrons. The fourth-order valence-corrected chi connectivity index (χ4v) is 4.41. The number of hydrogen-bond donors (Lipinski definition) is 3. The van der Waals surface area contributed by atoms with Crippen molar-refractivity contribution in [1.82, 2.24) is 20.4 Å². The van der Waals surface area contributed by atoms with Crippen LogP contribution >= 0.6 is 0 Å². The summed E-state index contributed by atoms with van der Waals surface area (Å²) in [6.45, 7) is 4.20. The van der Waals surface area contributed by atoms with Crippen molar-refractivity contribution in [2.75, 3.05) is 6.61 Å². The molecule has 1 aliphatic carbocycles. The maximum atomic E-state index is 12.5. The molecule has 3 heterocycles. The van der Waals surface area contributed by atoms with E-state index < -0.39 is 24.5 Å². The first-order valence-corrected chi connectivity index (χ1v) is 9.58. The number of aliphatic hydroxyl groups is 1. The number of nitrogens with one attached hydrogen (secondary N) is 2. The average Bonchev–Trinajstić information content (AvgIpc) is 3.18. The van der Waals surface area contributed by atoms with Crippen molar-refractivity contribution < 1.29 is 19.4 Å². The smallest absolute Gasteiger partial charge is 0.315 e. The maximum absolute atomic E-state index is 12.5. The third kappa shape index (κ3) is 3.33. The summed E-state index contributed by atoms with van der Waals surface area (Å²) in [6.07, 6.45) is 3.83. The molecule has 5 atom stereocenters. The molecule has 1 aromatic rings. The second kappa shape index (κ2) is 7.17. The molecular formula is C18H28N4O4. The molecule has 2 bridgehead atoms. The number of nitrogens with zero attached hydrogens (tertiary/aromatic N) is 2. The predicted octanol–water partition coefficient (Wildman–Crippen LogP) is 1.16. The van der Waals surface area contributed by atoms with Gasteiger partial charge in [-0.25, -0.2) is 4.79 Å². The van der Waals surface area contributed by atoms with Crippen LogP contribution in [0.15, 0.2) is 6.07 Å². The summed E-state index contributed by atoms with van der Waals surface area (Å²) in [5.74, 6) is 0. The van der Waals surface area contributed by atoms with Crippen molar-refractivity contribution in [3.05, 3.63) is 17.5 Å². The van der Waals surface area contributed by atoms with Crippen molar-refractivity contribution in [3.8, 4) is 0 Å². The number of carbonyl (C=O) groups is 1. The van der Waals surface area contributed by atoms with E-state index in [1.54, 1.807) is 4.68 Å². The molecule has 144 valence electrons. The van der Waals surface area contributed by atoms with E-state index >= 15 is 0 Å². The molecule has 3 N–H and O–H groups in total. The fraction of sp³-hybridized carbons (Fsp3) is 0.778. The zero-order valence-corrected chi connectivity index (χ0v) is 15.4. The Labute approximate surface area is 153 Å². The second-order valence-electron chi connectivity index (χ2n) is 7.71. The monoisotopic (exact) mass is 364 g/mol. The molecule has 2 saturated heterocycles. The van der Waals surface area contributed by atoms with Crippen LogP contribution in [0.1, 0.15) is 49.5 Å². The van der Waals surface area contributed by atoms with Crippen molar-refractivity contribution in [1.29, 1.82) is 0 Å². The van der Waals surface area contributed by atoms with Gasteiger partial charge in [-0.1, -0.05) is 19.3 Å². The van der Waals surface area contributed by atoms with Gasteiger partial charge in [0.2, 0.25) is 0 Å². The second-order valence-corrected chi connectivity index (χ2v) is 7.71. The van der Waals surface area contributed by atoms with Crippen LogP contribution in [-0.2, 0) is 9.47 Å². The molecule has 26 heavy (non-hydrogen) atoms. The van der Waals surface area contributed by atoms with E-state index in [4.69, 9.17) is 9.47 Å². The lowest BCUT2D eigenvalue weighted by atomic mass is 9.95. The molecular weight excluding hydrogens is 336 g/mol. The van der Waals surface area contributed by atoms with E-state index in [1.807, 2.05) is 19.9 Å². The summed E-state index contributed by atoms with van der Waals surface area (Å²) in [4.78, 5) is 12.5. The molecule has 3 fully saturated rings. The Balaban J connectivity index is 1.47. The van der Waals surface area contributed by atoms with Gasteiger partial charge in [-0.3, -0.25) is 4.68 Å². The molecule has 8 heteroatoms. The van der Waals surface area contributed by atoms with Gasteiger partial charge < -0.3 is 25.2 Å². The summed E-state index contributed by atoms with van der Waals surface area (Å²) in [7, 11) is 0. The highest BCUT2D eigenvalue weighted by molar-refractivity contribution is 5.74. The van der Waals surface area contributed by atoms with Crippen LogP contribution in [0.5, 0.6) is 0 Å². The number of amides is 2. The first kappa shape index (κ1) is 17.8. The third-order valence-corrected chi connectivity index (χ3v) is 5.70. The molecule has 0 unspecified atom stereocenters. The van der Waals surface area contributed by atoms with Gasteiger partial charge in [-0.2, -0.15) is 5.10 Å². The summed E-state index contributed by atoms with van der Waals surface area (Å²) in [6, 6.07) is 0.895. The Hall–Kier alpha value is -1.64. The van der Waals surface area contributed by atoms with Crippen LogP contribution in [0.25, 0.3) is 0 Å². The molecule has 2 amide bonds. The van der Waals surface area contributed by atoms with Gasteiger partial charge in [0, 0.05) is 11.7 Å². The zero-order chi connectivity index (χ0) is 18.3. The Morgan fingerprint density at radius 2 is 2.04 bits per heavy atom. The lowest BCUT2D eigenvalue weighted by Gasteiger charge is -2.39. The Kier molecular flexibility index (Phi) is 4.90. The van der Waals surface area contributed by atoms with Gasteiger partial charge >= 0.3 is 6.03 Å². The third-order valence-electron chi connectivity index (χ3n) is 5.70. The van der Waals surface area contributed by atoms with E-state index in [9.17, 15) is 9.90 Å². The lowest BCUT2D eigenvalue weighted by Crippen LogP contribution is -2.61. The lowest BCUT2D eigenvalue weighted by molar-refractivity contribution is -0.166. The van der Waals surface area contributed by atoms with Crippen molar-refractivity contribution in [3.63, 3.8) is 0 Å². The van der Waals surface area contributed by atoms with Gasteiger partial charge in [-0.15, -0.1) is 0 Å². The van der Waals surface area contributed by atoms with E-state index in [2.05, 4.69) is 15.7 Å². The van der Waals surface area contributed by atoms with Gasteiger partial charge in [0.1, 0.15) is 18.2 Å². The van der Waals surface area contributed by atoms with Gasteiger partial charge in [-0.05, 0) is 32.8 Å². The molecule has 0 aromatic carbocycles. The van der Waals surface area contributed by atoms with E-state index in [0.29, 0.717) is 6.61 Å². The van der Waals surface area contributed by atoms with Crippen LogP contribution in [0.3, 0.4) is 0 Å². The van der Waals surface area contributed by atoms with E-state index in [-0.39, 0.29) is 18.2 Å². The average molecular weight is 364 g/mol. The van der Waals surface area contributed by atoms with E-state index in [1.165, 1.54) is 6.42 Å². The van der Waals surface area contributed by atoms with Crippen LogP contribution in [-0.4, -0.2) is 58.1 Å². The first-order valence-electron chi connectivity index (χ1n) is 9.58. The van der Waals surface area contributed by atoms with Gasteiger partial charge in [0.25, 0.3) is 0 Å². The zero-order valence-electron chi connectivity index (χ0n) is 15.4. The maximum Gasteiger partial charge on any atom is 0.315 e. The molecule has 8 nitrogen and oxygen atoms in total. The van der Waals surface area contributed by atoms with Crippen molar-refractivity contribution in [2.45, 2.75) is 82.6 Å². The number of aryl methyl sites for hydroxylation is 2. The summed E-state index contributed by atoms with van der Waals surface area (Å²) >= 11 is 0. The van der Waals surface area contributed by atoms with Gasteiger partial charge in [0.05, 0.1) is 18.3 Å². The summed E-state index contributed by atoms with van der Waals surface area (Å²) in [5.41, 5.74) is 1.80. The number of aliphatic hydroxyl groups excluding tert-OH is 1. The molecule has 4 rings (SSSR count). The highest BCUT2D eigenvalue weighted by Crippen LogP contribution is 2.36. The SMILES string of the molecule is Cc1cc(C)n([C@H]2[C@@H]3OC[C@@H](O3)[C@@H](NC(=O)NC3CCCCC3)[C@@H]2O)n1. The number of rotatable bonds is 3. The minimum atomic E-state index is -0.837. The molecule has 1 aromatic heterocycles. The topological polar surface area (TPSA) is 97.6 Å². The normalized spacial score (nSPS) is 34.7. The Morgan fingerprint density at radius 3 is 2.73 bits per heavy atom. The minimum Gasteiger partial charge on any atom is -0.388 e. The highest BCUT2D eigenvalue weighted by atomic mass is 16.7. The quantitative estimate of drug-likeness (QED) is 0.748. The van der Waals surface area contributed by atoms with Crippen LogP contribution < -0.4 is 10.6 Å². The summed E-state index contributed by atoms with van der Waals surface area (Å²) in [5, 5.41) is 21.4. The van der Waals surface area contributed by atoms with Crippen LogP contribution in [0, 0.1) is 13.8 Å². The Bertz CT molecular complexity index is 658. The fourth-order valence-electron chi connectivity index (χ4n) is 4.41. The Morgan fingerprint density at radius 1 is 1.27 bits per heavy atom. The number of fused-ring (bicyclic) bond motifs is 2. The number of hydrogen-bond acceptors (Lipinski definition) is 5. The summed E-state index contributed by atoms with van der Waals surface area (Å²) < 4.78 is 13.4. The van der Waals surface area contributed by atoms with Gasteiger partial charge in [0.15, 0.2) is 6.29 Å². The van der Waals surface area contributed by atoms with Crippen molar-refractivity contribution >= 4 is 6.03 Å². The van der Waals surface area contributed by atoms with Crippen molar-refractivity contribution in [2.24, 2.45) is 0 Å². The molecule has 2 aliphatic heterocycles. The van der Waals surface area contributed by atoms with Crippen LogP contribution in [0.4, 0.5) is 4.79 Å². The number of urea groups is 1. The van der Waals surface area contributed by atoms with E-state index in [0.717, 1.165) is 37.1 Å². The number of aromatic nitrogens is 2. The van der Waals surface area contributed by atoms with Crippen LogP contribution in [0.2, 0.25) is 0 Å². The molecule has 3 aliphatic rings. The molecule has 1 saturated carbocycles. The number of ether oxygens (including phenoxy) is 2. The molecule has 0 spiro atoms. The number of carbonyl (C=O) groups excluding carboxylic acids is 1. The highest BCUT2D eigenvalue weighted by Gasteiger charge is 2.52. The largest absolute Gasteiger partial charge is 0.388 e. The minimum absolute atomic E-state index is 0.213. The first-order chi connectivity index (χ1) is 12.5. The predicted molar refractivity (Wildman–Crippen MR) is 93.7 cm³/mol. The standard InChI is InChI=1S/C18H28N4O4/c1-10-8-11(2)22(21-10)15-16(23)14(13-9-25-17(15)26-13)20-18(24)19-12-6-4-3-5-7-12/h8,12-17,23H,3-7,9H2,1-2H3,(H2,19,20,24)/t13-,14-,15-,16+,17-/m1/s1.